The molecule has 1 aromatic carbocycles. The lowest BCUT2D eigenvalue weighted by Gasteiger charge is -2.27. The van der Waals surface area contributed by atoms with Crippen LogP contribution in [0, 0.1) is 5.82 Å². The first-order valence-corrected chi connectivity index (χ1v) is 8.34. The van der Waals surface area contributed by atoms with Gasteiger partial charge in [0.2, 0.25) is 0 Å². The number of nitrogens with one attached hydrogen (secondary N) is 2. The van der Waals surface area contributed by atoms with Gasteiger partial charge in [0.15, 0.2) is 0 Å². The van der Waals surface area contributed by atoms with Crippen LogP contribution < -0.4 is 5.32 Å². The molecule has 0 aliphatic carbocycles. The molecule has 2 aromatic heterocycles. The van der Waals surface area contributed by atoms with Gasteiger partial charge in [-0.15, -0.1) is 0 Å². The van der Waals surface area contributed by atoms with Gasteiger partial charge in [-0.25, -0.2) is 9.37 Å². The minimum atomic E-state index is -0.252. The Morgan fingerprint density at radius 1 is 1.04 bits per heavy atom. The molecule has 3 aromatic rings. The summed E-state index contributed by atoms with van der Waals surface area (Å²) in [5.74, 6) is 0.662. The van der Waals surface area contributed by atoms with Crippen LogP contribution in [0.4, 0.5) is 4.39 Å². The van der Waals surface area contributed by atoms with Gasteiger partial charge < -0.3 is 10.3 Å². The molecule has 3 heterocycles. The highest BCUT2D eigenvalue weighted by atomic mass is 19.1. The summed E-state index contributed by atoms with van der Waals surface area (Å²) in [4.78, 5) is 12.5. The van der Waals surface area contributed by atoms with Crippen LogP contribution in [0.15, 0.2) is 61.1 Å². The van der Waals surface area contributed by atoms with Crippen molar-refractivity contribution >= 4 is 0 Å². The number of hydrogen-bond donors (Lipinski definition) is 2. The van der Waals surface area contributed by atoms with E-state index >= 15 is 0 Å². The van der Waals surface area contributed by atoms with E-state index in [9.17, 15) is 4.39 Å². The molecule has 1 aliphatic rings. The number of rotatable bonds is 3. The van der Waals surface area contributed by atoms with Crippen LogP contribution in [-0.4, -0.2) is 21.5 Å². The normalized spacial score (nSPS) is 19.6. The predicted molar refractivity (Wildman–Crippen MR) is 96.3 cm³/mol. The lowest BCUT2D eigenvalue weighted by molar-refractivity contribution is 0.480. The van der Waals surface area contributed by atoms with E-state index in [1.165, 1.54) is 12.1 Å². The highest BCUT2D eigenvalue weighted by Gasteiger charge is 2.30. The van der Waals surface area contributed by atoms with E-state index in [1.54, 1.807) is 24.5 Å². The Kier molecular flexibility index (Phi) is 3.84. The maximum absolute atomic E-state index is 13.3. The first-order chi connectivity index (χ1) is 12.2. The Bertz CT molecular complexity index is 899. The van der Waals surface area contributed by atoms with Gasteiger partial charge in [0, 0.05) is 35.5 Å². The Labute approximate surface area is 145 Å². The molecular formula is C20H19FN4. The number of aromatic nitrogens is 3. The van der Waals surface area contributed by atoms with Crippen molar-refractivity contribution in [1.82, 2.24) is 20.3 Å². The second-order valence-electron chi connectivity index (χ2n) is 6.51. The van der Waals surface area contributed by atoms with E-state index in [0.717, 1.165) is 41.3 Å². The molecule has 5 heteroatoms. The molecule has 1 unspecified atom stereocenters. The fraction of sp³-hybridized carbons (Fsp3) is 0.200. The van der Waals surface area contributed by atoms with Gasteiger partial charge >= 0.3 is 0 Å². The topological polar surface area (TPSA) is 53.6 Å². The van der Waals surface area contributed by atoms with E-state index in [0.29, 0.717) is 0 Å². The van der Waals surface area contributed by atoms with Crippen LogP contribution >= 0.6 is 0 Å². The largest absolute Gasteiger partial charge is 0.391 e. The van der Waals surface area contributed by atoms with E-state index < -0.39 is 0 Å². The maximum atomic E-state index is 13.3. The highest BCUT2D eigenvalue weighted by Crippen LogP contribution is 2.36. The third-order valence-electron chi connectivity index (χ3n) is 4.69. The van der Waals surface area contributed by atoms with Crippen LogP contribution in [0.3, 0.4) is 0 Å². The second-order valence-corrected chi connectivity index (χ2v) is 6.51. The summed E-state index contributed by atoms with van der Waals surface area (Å²) in [6.45, 7) is 3.08. The van der Waals surface area contributed by atoms with Crippen LogP contribution in [0.1, 0.15) is 19.2 Å². The van der Waals surface area contributed by atoms with Crippen molar-refractivity contribution in [3.63, 3.8) is 0 Å². The number of pyridine rings is 1. The molecule has 25 heavy (non-hydrogen) atoms. The second kappa shape index (κ2) is 6.16. The SMILES string of the molecule is CC1(c2nc(-c3ccc(F)cc3)c(-c3ccncc3)[nH]2)C=CNCC1. The van der Waals surface area contributed by atoms with Crippen molar-refractivity contribution < 1.29 is 4.39 Å². The smallest absolute Gasteiger partial charge is 0.123 e. The summed E-state index contributed by atoms with van der Waals surface area (Å²) in [5, 5.41) is 3.23. The summed E-state index contributed by atoms with van der Waals surface area (Å²) >= 11 is 0. The molecule has 1 atom stereocenters. The first-order valence-electron chi connectivity index (χ1n) is 8.34. The number of H-pyrrole nitrogens is 1. The summed E-state index contributed by atoms with van der Waals surface area (Å²) in [6.07, 6.45) is 8.60. The molecule has 0 saturated heterocycles. The van der Waals surface area contributed by atoms with Gasteiger partial charge in [-0.3, -0.25) is 4.98 Å². The quantitative estimate of drug-likeness (QED) is 0.760. The summed E-state index contributed by atoms with van der Waals surface area (Å²) in [7, 11) is 0. The first kappa shape index (κ1) is 15.6. The lowest BCUT2D eigenvalue weighted by atomic mass is 9.84. The number of hydrogen-bond acceptors (Lipinski definition) is 3. The van der Waals surface area contributed by atoms with Gasteiger partial charge in [-0.05, 0) is 55.9 Å². The van der Waals surface area contributed by atoms with Crippen molar-refractivity contribution in [3.05, 3.63) is 72.7 Å². The molecule has 0 spiro atoms. The molecule has 0 amide bonds. The minimum Gasteiger partial charge on any atom is -0.391 e. The Morgan fingerprint density at radius 2 is 1.80 bits per heavy atom. The monoisotopic (exact) mass is 334 g/mol. The predicted octanol–water partition coefficient (Wildman–Crippen LogP) is 4.04. The van der Waals surface area contributed by atoms with Crippen LogP contribution in [0.5, 0.6) is 0 Å². The number of allylic oxidation sites excluding steroid dienone is 1. The van der Waals surface area contributed by atoms with Gasteiger partial charge in [0.05, 0.1) is 11.4 Å². The molecule has 0 bridgehead atoms. The van der Waals surface area contributed by atoms with Gasteiger partial charge in [0.25, 0.3) is 0 Å². The molecule has 1 aliphatic heterocycles. The maximum Gasteiger partial charge on any atom is 0.123 e. The lowest BCUT2D eigenvalue weighted by Crippen LogP contribution is -2.30. The molecule has 126 valence electrons. The third-order valence-corrected chi connectivity index (χ3v) is 4.69. The molecule has 4 nitrogen and oxygen atoms in total. The molecule has 2 N–H and O–H groups in total. The van der Waals surface area contributed by atoms with Gasteiger partial charge in [0.1, 0.15) is 11.6 Å². The summed E-state index contributed by atoms with van der Waals surface area (Å²) in [5.41, 5.74) is 3.49. The Balaban J connectivity index is 1.88. The average Bonchev–Trinajstić information content (AvgIpc) is 3.10. The van der Waals surface area contributed by atoms with Gasteiger partial charge in [-0.2, -0.15) is 0 Å². The van der Waals surface area contributed by atoms with Crippen LogP contribution in [0.25, 0.3) is 22.5 Å². The fourth-order valence-corrected chi connectivity index (χ4v) is 3.13. The van der Waals surface area contributed by atoms with Gasteiger partial charge in [-0.1, -0.05) is 6.08 Å². The van der Waals surface area contributed by atoms with Crippen LogP contribution in [-0.2, 0) is 5.41 Å². The molecule has 0 radical (unpaired) electrons. The zero-order valence-corrected chi connectivity index (χ0v) is 14.0. The number of imidazole rings is 1. The van der Waals surface area contributed by atoms with E-state index in [-0.39, 0.29) is 11.2 Å². The summed E-state index contributed by atoms with van der Waals surface area (Å²) in [6, 6.07) is 10.4. The summed E-state index contributed by atoms with van der Waals surface area (Å²) < 4.78 is 13.3. The number of halogens is 1. The zero-order valence-electron chi connectivity index (χ0n) is 14.0. The van der Waals surface area contributed by atoms with E-state index in [4.69, 9.17) is 4.98 Å². The average molecular weight is 334 g/mol. The van der Waals surface area contributed by atoms with Crippen molar-refractivity contribution in [1.29, 1.82) is 0 Å². The molecule has 4 rings (SSSR count). The Hall–Kier alpha value is -2.95. The highest BCUT2D eigenvalue weighted by molar-refractivity contribution is 5.78. The number of nitrogens with zero attached hydrogens (tertiary/aromatic N) is 2. The third kappa shape index (κ3) is 2.93. The molecular weight excluding hydrogens is 315 g/mol. The van der Waals surface area contributed by atoms with Crippen molar-refractivity contribution in [2.24, 2.45) is 0 Å². The zero-order chi connectivity index (χ0) is 17.3. The fourth-order valence-electron chi connectivity index (χ4n) is 3.13. The van der Waals surface area contributed by atoms with Crippen molar-refractivity contribution in [3.8, 4) is 22.5 Å². The van der Waals surface area contributed by atoms with E-state index in [2.05, 4.69) is 28.3 Å². The number of aromatic amines is 1. The minimum absolute atomic E-state index is 0.161. The molecule has 0 saturated carbocycles. The van der Waals surface area contributed by atoms with E-state index in [1.807, 2.05) is 18.3 Å². The van der Waals surface area contributed by atoms with Crippen molar-refractivity contribution in [2.45, 2.75) is 18.8 Å². The number of benzene rings is 1. The van der Waals surface area contributed by atoms with Crippen molar-refractivity contribution in [2.75, 3.05) is 6.54 Å². The standard InChI is InChI=1S/C20H19FN4/c1-20(8-12-23-13-9-20)19-24-17(14-2-4-16(21)5-3-14)18(25-19)15-6-10-22-11-7-15/h2-8,10-12,23H,9,13H2,1H3,(H,24,25). The van der Waals surface area contributed by atoms with Crippen LogP contribution in [0.2, 0.25) is 0 Å². The molecule has 0 fully saturated rings. The Morgan fingerprint density at radius 3 is 2.48 bits per heavy atom.